The molecule has 1 aromatic rings. The van der Waals surface area contributed by atoms with Crippen molar-refractivity contribution in [1.82, 2.24) is 0 Å². The van der Waals surface area contributed by atoms with Gasteiger partial charge in [-0.25, -0.2) is 0 Å². The number of aryl methyl sites for hydroxylation is 3. The Labute approximate surface area is 83.0 Å². The van der Waals surface area contributed by atoms with Crippen molar-refractivity contribution in [1.29, 1.82) is 0 Å². The second kappa shape index (κ2) is 3.86. The van der Waals surface area contributed by atoms with Gasteiger partial charge >= 0.3 is 0 Å². The molecule has 1 aromatic carbocycles. The smallest absolute Gasteiger partial charge is 0.0111 e. The SMILES string of the molecule is Cc1cc(C)c(PI)c(C)c1. The third-order valence-electron chi connectivity index (χ3n) is 1.77. The van der Waals surface area contributed by atoms with E-state index in [2.05, 4.69) is 54.9 Å². The second-order valence-electron chi connectivity index (χ2n) is 2.87. The summed E-state index contributed by atoms with van der Waals surface area (Å²) in [5.41, 5.74) is 4.25. The number of benzene rings is 1. The molecule has 0 N–H and O–H groups in total. The number of hydrogen-bond acceptors (Lipinski definition) is 0. The average molecular weight is 278 g/mol. The zero-order chi connectivity index (χ0) is 8.43. The fourth-order valence-corrected chi connectivity index (χ4v) is 4.32. The molecule has 0 radical (unpaired) electrons. The summed E-state index contributed by atoms with van der Waals surface area (Å²) in [4.78, 5) is 0. The van der Waals surface area contributed by atoms with Gasteiger partial charge in [-0.3, -0.25) is 0 Å². The Balaban J connectivity index is 3.25. The molecule has 0 bridgehead atoms. The Kier molecular flexibility index (Phi) is 3.32. The molecule has 1 rings (SSSR count). The van der Waals surface area contributed by atoms with E-state index in [1.54, 1.807) is 0 Å². The largest absolute Gasteiger partial charge is 0.0557 e. The predicted octanol–water partition coefficient (Wildman–Crippen LogP) is 3.27. The Bertz CT molecular complexity index is 245. The maximum atomic E-state index is 2.44. The monoisotopic (exact) mass is 278 g/mol. The number of halogens is 1. The summed E-state index contributed by atoms with van der Waals surface area (Å²) in [5, 5.41) is 1.52. The molecule has 0 fully saturated rings. The van der Waals surface area contributed by atoms with Crippen molar-refractivity contribution in [3.63, 3.8) is 0 Å². The Morgan fingerprint density at radius 1 is 1.09 bits per heavy atom. The van der Waals surface area contributed by atoms with Crippen LogP contribution < -0.4 is 5.30 Å². The maximum absolute atomic E-state index is 2.44. The quantitative estimate of drug-likeness (QED) is 0.546. The lowest BCUT2D eigenvalue weighted by molar-refractivity contribution is 1.36. The molecule has 0 saturated heterocycles. The summed E-state index contributed by atoms with van der Waals surface area (Å²) >= 11 is 2.44. The van der Waals surface area contributed by atoms with Gasteiger partial charge in [0.05, 0.1) is 0 Å². The first-order valence-electron chi connectivity index (χ1n) is 3.59. The van der Waals surface area contributed by atoms with Crippen LogP contribution >= 0.6 is 28.3 Å². The van der Waals surface area contributed by atoms with E-state index in [9.17, 15) is 0 Å². The molecule has 0 spiro atoms. The van der Waals surface area contributed by atoms with Crippen LogP contribution in [0.25, 0.3) is 0 Å². The highest BCUT2D eigenvalue weighted by Gasteiger charge is 2.00. The van der Waals surface area contributed by atoms with Crippen LogP contribution in [0.4, 0.5) is 0 Å². The van der Waals surface area contributed by atoms with Crippen molar-refractivity contribution in [2.24, 2.45) is 0 Å². The first-order valence-corrected chi connectivity index (χ1v) is 7.71. The van der Waals surface area contributed by atoms with Crippen molar-refractivity contribution in [2.75, 3.05) is 0 Å². The standard InChI is InChI=1S/C9H12IP/c1-6-4-7(2)9(11-10)8(3)5-6/h4-5,11H,1-3H3. The third-order valence-corrected chi connectivity index (χ3v) is 4.37. The normalized spacial score (nSPS) is 11.3. The summed E-state index contributed by atoms with van der Waals surface area (Å²) in [5.74, 6) is 0. The van der Waals surface area contributed by atoms with Crippen LogP contribution in [0, 0.1) is 20.8 Å². The molecule has 0 heterocycles. The molecule has 1 atom stereocenters. The number of hydrogen-bond donors (Lipinski definition) is 0. The van der Waals surface area contributed by atoms with Crippen LogP contribution in [0.15, 0.2) is 12.1 Å². The lowest BCUT2D eigenvalue weighted by atomic mass is 10.1. The van der Waals surface area contributed by atoms with Gasteiger partial charge < -0.3 is 0 Å². The van der Waals surface area contributed by atoms with E-state index >= 15 is 0 Å². The topological polar surface area (TPSA) is 0 Å². The Hall–Kier alpha value is 0.380. The molecule has 0 aliphatic rings. The first-order chi connectivity index (χ1) is 5.15. The summed E-state index contributed by atoms with van der Waals surface area (Å²) in [6.07, 6.45) is 0.894. The molecule has 0 saturated carbocycles. The van der Waals surface area contributed by atoms with Gasteiger partial charge in [-0.2, -0.15) is 0 Å². The lowest BCUT2D eigenvalue weighted by Gasteiger charge is -2.07. The zero-order valence-corrected chi connectivity index (χ0v) is 10.2. The fraction of sp³-hybridized carbons (Fsp3) is 0.333. The highest BCUT2D eigenvalue weighted by Crippen LogP contribution is 2.24. The molecule has 0 aliphatic heterocycles. The third kappa shape index (κ3) is 2.16. The average Bonchev–Trinajstić information content (AvgIpc) is 1.85. The van der Waals surface area contributed by atoms with Gasteiger partial charge in [0.25, 0.3) is 0 Å². The van der Waals surface area contributed by atoms with Crippen molar-refractivity contribution in [3.8, 4) is 0 Å². The zero-order valence-electron chi connectivity index (χ0n) is 7.03. The predicted molar refractivity (Wildman–Crippen MR) is 62.6 cm³/mol. The van der Waals surface area contributed by atoms with Gasteiger partial charge in [0.15, 0.2) is 0 Å². The summed E-state index contributed by atoms with van der Waals surface area (Å²) in [6.45, 7) is 6.54. The van der Waals surface area contributed by atoms with Gasteiger partial charge in [-0.15, -0.1) is 0 Å². The van der Waals surface area contributed by atoms with Gasteiger partial charge in [0.1, 0.15) is 0 Å². The van der Waals surface area contributed by atoms with Gasteiger partial charge in [-0.1, -0.05) is 39.7 Å². The molecule has 11 heavy (non-hydrogen) atoms. The molecule has 60 valence electrons. The number of rotatable bonds is 1. The van der Waals surface area contributed by atoms with Gasteiger partial charge in [-0.05, 0) is 43.4 Å². The highest BCUT2D eigenvalue weighted by molar-refractivity contribution is 14.2. The van der Waals surface area contributed by atoms with E-state index in [1.807, 2.05) is 0 Å². The van der Waals surface area contributed by atoms with E-state index < -0.39 is 0 Å². The van der Waals surface area contributed by atoms with Crippen LogP contribution in [0.1, 0.15) is 16.7 Å². The molecular formula is C9H12IP. The highest BCUT2D eigenvalue weighted by atomic mass is 127. The molecule has 0 amide bonds. The summed E-state index contributed by atoms with van der Waals surface area (Å²) < 4.78 is 0. The summed E-state index contributed by atoms with van der Waals surface area (Å²) in [7, 11) is 0. The molecule has 0 aliphatic carbocycles. The van der Waals surface area contributed by atoms with Crippen molar-refractivity contribution in [2.45, 2.75) is 20.8 Å². The van der Waals surface area contributed by atoms with E-state index in [-0.39, 0.29) is 0 Å². The molecule has 0 nitrogen and oxygen atoms in total. The molecule has 1 unspecified atom stereocenters. The van der Waals surface area contributed by atoms with Crippen LogP contribution in [0.2, 0.25) is 0 Å². The van der Waals surface area contributed by atoms with Gasteiger partial charge in [0, 0.05) is 0 Å². The lowest BCUT2D eigenvalue weighted by Crippen LogP contribution is -2.03. The first kappa shape index (κ1) is 9.47. The minimum Gasteiger partial charge on any atom is -0.0557 e. The molecule has 0 aromatic heterocycles. The van der Waals surface area contributed by atoms with E-state index in [1.165, 1.54) is 22.0 Å². The van der Waals surface area contributed by atoms with Crippen LogP contribution in [0.3, 0.4) is 0 Å². The fourth-order valence-electron chi connectivity index (χ4n) is 1.33. The minimum absolute atomic E-state index is 0.894. The Morgan fingerprint density at radius 2 is 1.55 bits per heavy atom. The van der Waals surface area contributed by atoms with E-state index in [0.29, 0.717) is 0 Å². The van der Waals surface area contributed by atoms with Crippen LogP contribution in [0.5, 0.6) is 0 Å². The summed E-state index contributed by atoms with van der Waals surface area (Å²) in [6, 6.07) is 4.52. The van der Waals surface area contributed by atoms with E-state index in [4.69, 9.17) is 0 Å². The maximum Gasteiger partial charge on any atom is -0.0111 e. The van der Waals surface area contributed by atoms with Gasteiger partial charge in [0.2, 0.25) is 0 Å². The minimum atomic E-state index is 0.894. The molecular weight excluding hydrogens is 266 g/mol. The van der Waals surface area contributed by atoms with Crippen molar-refractivity contribution >= 4 is 33.6 Å². The van der Waals surface area contributed by atoms with Crippen molar-refractivity contribution < 1.29 is 0 Å². The van der Waals surface area contributed by atoms with Crippen LogP contribution in [-0.2, 0) is 0 Å². The Morgan fingerprint density at radius 3 is 1.91 bits per heavy atom. The van der Waals surface area contributed by atoms with E-state index in [0.717, 1.165) is 6.22 Å². The molecule has 2 heteroatoms. The van der Waals surface area contributed by atoms with Crippen LogP contribution in [-0.4, -0.2) is 0 Å². The second-order valence-corrected chi connectivity index (χ2v) is 5.18. The van der Waals surface area contributed by atoms with Crippen molar-refractivity contribution in [3.05, 3.63) is 28.8 Å².